The highest BCUT2D eigenvalue weighted by Crippen LogP contribution is 2.63. The van der Waals surface area contributed by atoms with E-state index in [1.165, 1.54) is 88.3 Å². The summed E-state index contributed by atoms with van der Waals surface area (Å²) in [6, 6.07) is 58.6. The predicted octanol–water partition coefficient (Wildman–Crippen LogP) is 12.4. The van der Waals surface area contributed by atoms with E-state index in [2.05, 4.69) is 172 Å². The number of fused-ring (bicyclic) bond motifs is 15. The van der Waals surface area contributed by atoms with Gasteiger partial charge in [0.1, 0.15) is 11.5 Å². The summed E-state index contributed by atoms with van der Waals surface area (Å²) in [5.74, 6) is 1.84. The van der Waals surface area contributed by atoms with Gasteiger partial charge < -0.3 is 4.74 Å². The van der Waals surface area contributed by atoms with Gasteiger partial charge in [-0.15, -0.1) is 0 Å². The summed E-state index contributed by atoms with van der Waals surface area (Å²) in [5, 5.41) is 5.04. The van der Waals surface area contributed by atoms with Gasteiger partial charge >= 0.3 is 0 Å². The van der Waals surface area contributed by atoms with Gasteiger partial charge in [0.05, 0.1) is 5.41 Å². The zero-order valence-electron chi connectivity index (χ0n) is 27.4. The fourth-order valence-corrected chi connectivity index (χ4v) is 9.46. The molecule has 49 heavy (non-hydrogen) atoms. The van der Waals surface area contributed by atoms with E-state index in [4.69, 9.17) is 4.74 Å². The van der Waals surface area contributed by atoms with E-state index >= 15 is 0 Å². The maximum atomic E-state index is 6.88. The molecule has 230 valence electrons. The van der Waals surface area contributed by atoms with Crippen LogP contribution in [0.4, 0.5) is 0 Å². The van der Waals surface area contributed by atoms with Crippen LogP contribution < -0.4 is 4.74 Å². The Bertz CT molecular complexity index is 2680. The Kier molecular flexibility index (Phi) is 5.17. The van der Waals surface area contributed by atoms with Crippen molar-refractivity contribution in [3.63, 3.8) is 0 Å². The van der Waals surface area contributed by atoms with Crippen LogP contribution in [0.5, 0.6) is 11.5 Å². The Hall–Kier alpha value is -5.92. The highest BCUT2D eigenvalue weighted by molar-refractivity contribution is 5.98. The lowest BCUT2D eigenvalue weighted by atomic mass is 9.64. The molecule has 0 saturated carbocycles. The fraction of sp³-hybridized carbons (Fsp3) is 0.0833. The highest BCUT2D eigenvalue weighted by Gasteiger charge is 2.52. The molecule has 2 aliphatic carbocycles. The van der Waals surface area contributed by atoms with E-state index in [-0.39, 0.29) is 5.41 Å². The summed E-state index contributed by atoms with van der Waals surface area (Å²) >= 11 is 0. The number of hydrogen-bond acceptors (Lipinski definition) is 1. The predicted molar refractivity (Wildman–Crippen MR) is 202 cm³/mol. The van der Waals surface area contributed by atoms with Gasteiger partial charge in [-0.1, -0.05) is 135 Å². The molecule has 8 aromatic rings. The number of hydrogen-bond donors (Lipinski definition) is 0. The van der Waals surface area contributed by atoms with Crippen LogP contribution in [0, 0.1) is 0 Å². The lowest BCUT2D eigenvalue weighted by molar-refractivity contribution is 0.438. The smallest absolute Gasteiger partial charge is 0.132 e. The molecule has 0 atom stereocenters. The minimum Gasteiger partial charge on any atom is -0.457 e. The van der Waals surface area contributed by atoms with Crippen molar-refractivity contribution < 1.29 is 4.74 Å². The summed E-state index contributed by atoms with van der Waals surface area (Å²) in [6.07, 6.45) is 0. The van der Waals surface area contributed by atoms with Crippen LogP contribution in [0.25, 0.3) is 54.9 Å². The molecule has 1 heterocycles. The standard InChI is InChI=1S/C48H32O/c1-47(2)41-27-32(19-22-37(41)38-25-30-12-3-4-13-31(30)26-42(38)47)33-21-23-44-43(28-33)48(46-34-14-6-5-11-29(34)20-24-45(46)49-44)39-17-9-7-15-35(39)36-16-8-10-18-40(36)48/h3-28H,1-2H3. The zero-order valence-corrected chi connectivity index (χ0v) is 27.4. The molecule has 8 aromatic carbocycles. The third-order valence-electron chi connectivity index (χ3n) is 11.7. The molecule has 0 amide bonds. The summed E-state index contributed by atoms with van der Waals surface area (Å²) in [6.45, 7) is 4.75. The van der Waals surface area contributed by atoms with E-state index in [9.17, 15) is 0 Å². The van der Waals surface area contributed by atoms with Gasteiger partial charge in [0, 0.05) is 16.5 Å². The van der Waals surface area contributed by atoms with Gasteiger partial charge in [-0.3, -0.25) is 0 Å². The Labute approximate surface area is 286 Å². The second-order valence-electron chi connectivity index (χ2n) is 14.4. The van der Waals surface area contributed by atoms with Crippen molar-refractivity contribution in [2.24, 2.45) is 0 Å². The van der Waals surface area contributed by atoms with Gasteiger partial charge in [0.15, 0.2) is 0 Å². The van der Waals surface area contributed by atoms with Crippen LogP contribution in [-0.2, 0) is 10.8 Å². The van der Waals surface area contributed by atoms with Gasteiger partial charge in [-0.25, -0.2) is 0 Å². The first kappa shape index (κ1) is 27.1. The van der Waals surface area contributed by atoms with Crippen molar-refractivity contribution in [2.45, 2.75) is 24.7 Å². The molecule has 0 fully saturated rings. The minimum atomic E-state index is -0.528. The minimum absolute atomic E-state index is 0.107. The van der Waals surface area contributed by atoms with Crippen LogP contribution in [0.1, 0.15) is 47.2 Å². The normalized spacial score (nSPS) is 15.2. The largest absolute Gasteiger partial charge is 0.457 e. The van der Waals surface area contributed by atoms with Gasteiger partial charge in [0.2, 0.25) is 0 Å². The molecule has 0 bridgehead atoms. The molecule has 1 heteroatoms. The first-order chi connectivity index (χ1) is 24.0. The Morgan fingerprint density at radius 1 is 0.388 bits per heavy atom. The number of rotatable bonds is 1. The molecule has 3 aliphatic rings. The maximum Gasteiger partial charge on any atom is 0.132 e. The molecule has 1 aliphatic heterocycles. The van der Waals surface area contributed by atoms with E-state index in [0.717, 1.165) is 11.5 Å². The average molecular weight is 625 g/mol. The van der Waals surface area contributed by atoms with Gasteiger partial charge in [0.25, 0.3) is 0 Å². The van der Waals surface area contributed by atoms with Crippen LogP contribution in [-0.4, -0.2) is 0 Å². The lowest BCUT2D eigenvalue weighted by Crippen LogP contribution is -2.32. The molecule has 0 unspecified atom stereocenters. The van der Waals surface area contributed by atoms with E-state index in [0.29, 0.717) is 0 Å². The van der Waals surface area contributed by atoms with Crippen molar-refractivity contribution in [2.75, 3.05) is 0 Å². The molecule has 0 radical (unpaired) electrons. The van der Waals surface area contributed by atoms with Crippen molar-refractivity contribution in [3.8, 4) is 44.9 Å². The van der Waals surface area contributed by atoms with Crippen molar-refractivity contribution in [3.05, 3.63) is 191 Å². The molecule has 0 aromatic heterocycles. The fourth-order valence-electron chi connectivity index (χ4n) is 9.46. The maximum absolute atomic E-state index is 6.88. The van der Waals surface area contributed by atoms with Crippen LogP contribution in [0.15, 0.2) is 158 Å². The Balaban J connectivity index is 1.17. The van der Waals surface area contributed by atoms with Crippen molar-refractivity contribution in [1.29, 1.82) is 0 Å². The SMILES string of the molecule is CC1(C)c2cc(-c3ccc4c(c3)C3(c5ccccc5-c5ccccc53)c3c(ccc5ccccc35)O4)ccc2-c2cc3ccccc3cc21. The third-order valence-corrected chi connectivity index (χ3v) is 11.7. The monoisotopic (exact) mass is 624 g/mol. The number of ether oxygens (including phenoxy) is 1. The summed E-state index contributed by atoms with van der Waals surface area (Å²) < 4.78 is 6.88. The molecule has 0 N–H and O–H groups in total. The van der Waals surface area contributed by atoms with E-state index in [1.54, 1.807) is 0 Å². The second-order valence-corrected chi connectivity index (χ2v) is 14.4. The molecule has 0 saturated heterocycles. The quantitative estimate of drug-likeness (QED) is 0.177. The number of benzene rings is 8. The van der Waals surface area contributed by atoms with Crippen molar-refractivity contribution >= 4 is 21.5 Å². The average Bonchev–Trinajstić information content (AvgIpc) is 3.56. The van der Waals surface area contributed by atoms with Crippen LogP contribution in [0.3, 0.4) is 0 Å². The topological polar surface area (TPSA) is 9.23 Å². The molecular formula is C48H32O. The van der Waals surface area contributed by atoms with Gasteiger partial charge in [-0.2, -0.15) is 0 Å². The molecule has 1 spiro atoms. The first-order valence-corrected chi connectivity index (χ1v) is 17.3. The van der Waals surface area contributed by atoms with Crippen molar-refractivity contribution in [1.82, 2.24) is 0 Å². The third kappa shape index (κ3) is 3.40. The summed E-state index contributed by atoms with van der Waals surface area (Å²) in [7, 11) is 0. The summed E-state index contributed by atoms with van der Waals surface area (Å²) in [4.78, 5) is 0. The molecule has 11 rings (SSSR count). The first-order valence-electron chi connectivity index (χ1n) is 17.3. The molecule has 1 nitrogen and oxygen atoms in total. The van der Waals surface area contributed by atoms with Gasteiger partial charge in [-0.05, 0) is 114 Å². The lowest BCUT2D eigenvalue weighted by Gasteiger charge is -2.40. The Morgan fingerprint density at radius 3 is 1.69 bits per heavy atom. The Morgan fingerprint density at radius 2 is 0.939 bits per heavy atom. The zero-order chi connectivity index (χ0) is 32.5. The van der Waals surface area contributed by atoms with E-state index in [1.807, 2.05) is 0 Å². The molecular weight excluding hydrogens is 593 g/mol. The second kappa shape index (κ2) is 9.36. The summed E-state index contributed by atoms with van der Waals surface area (Å²) in [5.41, 5.74) is 14.9. The van der Waals surface area contributed by atoms with E-state index < -0.39 is 5.41 Å². The highest BCUT2D eigenvalue weighted by atomic mass is 16.5. The van der Waals surface area contributed by atoms with Crippen LogP contribution >= 0.6 is 0 Å². The van der Waals surface area contributed by atoms with Crippen LogP contribution in [0.2, 0.25) is 0 Å².